The van der Waals surface area contributed by atoms with E-state index in [4.69, 9.17) is 4.74 Å². The standard InChI is InChI=1S/C22H23N3O2/c1-16-7-3-5-9-19(16)25-21-15-18(12-13-23-21)22(26)24-14-11-17-8-4-6-10-20(17)27-2/h3-10,12-13,15H,11,14H2,1-2H3,(H,23,25)(H,24,26). The molecular formula is C22H23N3O2. The first-order chi connectivity index (χ1) is 13.2. The second kappa shape index (κ2) is 8.85. The number of nitrogens with zero attached hydrogens (tertiary/aromatic N) is 1. The van der Waals surface area contributed by atoms with Gasteiger partial charge in [0.05, 0.1) is 7.11 Å². The van der Waals surface area contributed by atoms with E-state index in [-0.39, 0.29) is 5.91 Å². The first kappa shape index (κ1) is 18.5. The Labute approximate surface area is 159 Å². The molecule has 0 spiro atoms. The summed E-state index contributed by atoms with van der Waals surface area (Å²) < 4.78 is 5.34. The Hall–Kier alpha value is -3.34. The lowest BCUT2D eigenvalue weighted by Gasteiger charge is -2.11. The van der Waals surface area contributed by atoms with E-state index in [0.717, 1.165) is 22.6 Å². The van der Waals surface area contributed by atoms with Crippen LogP contribution >= 0.6 is 0 Å². The number of anilines is 2. The molecule has 0 radical (unpaired) electrons. The van der Waals surface area contributed by atoms with Gasteiger partial charge in [-0.2, -0.15) is 0 Å². The van der Waals surface area contributed by atoms with Crippen molar-refractivity contribution in [2.75, 3.05) is 19.0 Å². The van der Waals surface area contributed by atoms with Crippen molar-refractivity contribution in [3.05, 3.63) is 83.6 Å². The number of pyridine rings is 1. The van der Waals surface area contributed by atoms with Gasteiger partial charge in [0, 0.05) is 24.0 Å². The molecule has 0 bridgehead atoms. The highest BCUT2D eigenvalue weighted by Crippen LogP contribution is 2.19. The Morgan fingerprint density at radius 1 is 1.07 bits per heavy atom. The number of amides is 1. The molecular weight excluding hydrogens is 338 g/mol. The van der Waals surface area contributed by atoms with Crippen molar-refractivity contribution in [2.24, 2.45) is 0 Å². The number of aryl methyl sites for hydroxylation is 1. The smallest absolute Gasteiger partial charge is 0.251 e. The number of aromatic nitrogens is 1. The van der Waals surface area contributed by atoms with Crippen LogP contribution < -0.4 is 15.4 Å². The fourth-order valence-electron chi connectivity index (χ4n) is 2.81. The van der Waals surface area contributed by atoms with Gasteiger partial charge in [-0.1, -0.05) is 36.4 Å². The number of para-hydroxylation sites is 2. The van der Waals surface area contributed by atoms with Crippen LogP contribution in [-0.4, -0.2) is 24.5 Å². The summed E-state index contributed by atoms with van der Waals surface area (Å²) in [4.78, 5) is 16.8. The van der Waals surface area contributed by atoms with E-state index in [0.29, 0.717) is 24.3 Å². The molecule has 0 aliphatic rings. The summed E-state index contributed by atoms with van der Waals surface area (Å²) in [6, 6.07) is 19.2. The number of hydrogen-bond acceptors (Lipinski definition) is 4. The molecule has 0 aliphatic carbocycles. The van der Waals surface area contributed by atoms with E-state index in [9.17, 15) is 4.79 Å². The normalized spacial score (nSPS) is 10.3. The quantitative estimate of drug-likeness (QED) is 0.665. The minimum atomic E-state index is -0.125. The summed E-state index contributed by atoms with van der Waals surface area (Å²) in [5, 5.41) is 6.21. The van der Waals surface area contributed by atoms with Gasteiger partial charge in [0.2, 0.25) is 0 Å². The van der Waals surface area contributed by atoms with Crippen LogP contribution in [0.3, 0.4) is 0 Å². The number of carbonyl (C=O) groups excluding carboxylic acids is 1. The molecule has 0 unspecified atom stereocenters. The molecule has 138 valence electrons. The zero-order valence-electron chi connectivity index (χ0n) is 15.5. The molecule has 3 aromatic rings. The molecule has 0 fully saturated rings. The van der Waals surface area contributed by atoms with Gasteiger partial charge in [0.15, 0.2) is 0 Å². The molecule has 2 N–H and O–H groups in total. The topological polar surface area (TPSA) is 63.2 Å². The van der Waals surface area contributed by atoms with E-state index in [2.05, 4.69) is 15.6 Å². The van der Waals surface area contributed by atoms with Gasteiger partial charge in [0.25, 0.3) is 5.91 Å². The molecule has 1 heterocycles. The molecule has 5 heteroatoms. The molecule has 2 aromatic carbocycles. The van der Waals surface area contributed by atoms with E-state index in [1.165, 1.54) is 0 Å². The summed E-state index contributed by atoms with van der Waals surface area (Å²) in [5.41, 5.74) is 3.72. The first-order valence-corrected chi connectivity index (χ1v) is 8.86. The summed E-state index contributed by atoms with van der Waals surface area (Å²) in [6.45, 7) is 2.55. The first-order valence-electron chi connectivity index (χ1n) is 8.86. The van der Waals surface area contributed by atoms with Gasteiger partial charge < -0.3 is 15.4 Å². The largest absolute Gasteiger partial charge is 0.496 e. The third-order valence-corrected chi connectivity index (χ3v) is 4.30. The number of benzene rings is 2. The van der Waals surface area contributed by atoms with E-state index in [1.54, 1.807) is 25.4 Å². The molecule has 0 aliphatic heterocycles. The lowest BCUT2D eigenvalue weighted by atomic mass is 10.1. The van der Waals surface area contributed by atoms with Gasteiger partial charge in [-0.3, -0.25) is 4.79 Å². The minimum Gasteiger partial charge on any atom is -0.496 e. The van der Waals surface area contributed by atoms with Crippen LogP contribution in [0, 0.1) is 6.92 Å². The monoisotopic (exact) mass is 361 g/mol. The molecule has 0 atom stereocenters. The maximum atomic E-state index is 12.5. The Kier molecular flexibility index (Phi) is 6.05. The molecule has 27 heavy (non-hydrogen) atoms. The van der Waals surface area contributed by atoms with Crippen LogP contribution in [0.25, 0.3) is 0 Å². The van der Waals surface area contributed by atoms with Gasteiger partial charge >= 0.3 is 0 Å². The Balaban J connectivity index is 1.61. The van der Waals surface area contributed by atoms with Crippen molar-refractivity contribution in [3.63, 3.8) is 0 Å². The third kappa shape index (κ3) is 4.85. The number of nitrogens with one attached hydrogen (secondary N) is 2. The average Bonchev–Trinajstić information content (AvgIpc) is 2.70. The van der Waals surface area contributed by atoms with Crippen molar-refractivity contribution >= 4 is 17.4 Å². The van der Waals surface area contributed by atoms with E-state index < -0.39 is 0 Å². The molecule has 0 saturated carbocycles. The Bertz CT molecular complexity index is 925. The lowest BCUT2D eigenvalue weighted by Crippen LogP contribution is -2.25. The molecule has 1 amide bonds. The SMILES string of the molecule is COc1ccccc1CCNC(=O)c1ccnc(Nc2ccccc2C)c1. The van der Waals surface area contributed by atoms with Crippen molar-refractivity contribution < 1.29 is 9.53 Å². The predicted octanol–water partition coefficient (Wildman–Crippen LogP) is 4.11. The number of rotatable bonds is 7. The second-order valence-corrected chi connectivity index (χ2v) is 6.19. The van der Waals surface area contributed by atoms with Crippen LogP contribution in [-0.2, 0) is 6.42 Å². The van der Waals surface area contributed by atoms with E-state index in [1.807, 2.05) is 55.5 Å². The highest BCUT2D eigenvalue weighted by atomic mass is 16.5. The van der Waals surface area contributed by atoms with Gasteiger partial charge in [-0.25, -0.2) is 4.98 Å². The maximum Gasteiger partial charge on any atom is 0.251 e. The molecule has 0 saturated heterocycles. The van der Waals surface area contributed by atoms with Crippen molar-refractivity contribution in [1.29, 1.82) is 0 Å². The van der Waals surface area contributed by atoms with Crippen LogP contribution in [0.15, 0.2) is 66.9 Å². The number of methoxy groups -OCH3 is 1. The van der Waals surface area contributed by atoms with Crippen LogP contribution in [0.4, 0.5) is 11.5 Å². The highest BCUT2D eigenvalue weighted by Gasteiger charge is 2.08. The van der Waals surface area contributed by atoms with Crippen LogP contribution in [0.5, 0.6) is 5.75 Å². The maximum absolute atomic E-state index is 12.5. The van der Waals surface area contributed by atoms with Crippen molar-refractivity contribution in [3.8, 4) is 5.75 Å². The fraction of sp³-hybridized carbons (Fsp3) is 0.182. The number of carbonyl (C=O) groups is 1. The Morgan fingerprint density at radius 3 is 2.67 bits per heavy atom. The average molecular weight is 361 g/mol. The lowest BCUT2D eigenvalue weighted by molar-refractivity contribution is 0.0954. The zero-order chi connectivity index (χ0) is 19.1. The predicted molar refractivity (Wildman–Crippen MR) is 108 cm³/mol. The summed E-state index contributed by atoms with van der Waals surface area (Å²) >= 11 is 0. The summed E-state index contributed by atoms with van der Waals surface area (Å²) in [5.74, 6) is 1.35. The highest BCUT2D eigenvalue weighted by molar-refractivity contribution is 5.94. The van der Waals surface area contributed by atoms with Crippen molar-refractivity contribution in [1.82, 2.24) is 10.3 Å². The summed E-state index contributed by atoms with van der Waals surface area (Å²) in [7, 11) is 1.65. The van der Waals surface area contributed by atoms with Gasteiger partial charge in [-0.15, -0.1) is 0 Å². The van der Waals surface area contributed by atoms with Gasteiger partial charge in [0.1, 0.15) is 11.6 Å². The van der Waals surface area contributed by atoms with Crippen LogP contribution in [0.1, 0.15) is 21.5 Å². The van der Waals surface area contributed by atoms with Crippen molar-refractivity contribution in [2.45, 2.75) is 13.3 Å². The molecule has 3 rings (SSSR count). The number of ether oxygens (including phenoxy) is 1. The fourth-order valence-corrected chi connectivity index (χ4v) is 2.81. The third-order valence-electron chi connectivity index (χ3n) is 4.30. The van der Waals surface area contributed by atoms with Crippen LogP contribution in [0.2, 0.25) is 0 Å². The number of hydrogen-bond donors (Lipinski definition) is 2. The molecule has 1 aromatic heterocycles. The van der Waals surface area contributed by atoms with Gasteiger partial charge in [-0.05, 0) is 48.7 Å². The Morgan fingerprint density at radius 2 is 1.85 bits per heavy atom. The summed E-state index contributed by atoms with van der Waals surface area (Å²) in [6.07, 6.45) is 2.34. The minimum absolute atomic E-state index is 0.125. The van der Waals surface area contributed by atoms with E-state index >= 15 is 0 Å². The zero-order valence-corrected chi connectivity index (χ0v) is 15.5. The molecule has 5 nitrogen and oxygen atoms in total. The second-order valence-electron chi connectivity index (χ2n) is 6.19.